The summed E-state index contributed by atoms with van der Waals surface area (Å²) in [6, 6.07) is 4.82. The maximum atomic E-state index is 11.7. The molecule has 1 amide bonds. The molecule has 1 unspecified atom stereocenters. The zero-order valence-corrected chi connectivity index (χ0v) is 9.38. The number of carbonyl (C=O) groups is 1. The van der Waals surface area contributed by atoms with E-state index in [-0.39, 0.29) is 5.91 Å². The Morgan fingerprint density at radius 3 is 3.12 bits per heavy atom. The molecule has 1 aliphatic rings. The van der Waals surface area contributed by atoms with Crippen LogP contribution < -0.4 is 10.1 Å². The minimum atomic E-state index is -0.640. The molecule has 1 aromatic carbocycles. The van der Waals surface area contributed by atoms with Crippen molar-refractivity contribution in [2.75, 3.05) is 12.4 Å². The van der Waals surface area contributed by atoms with Crippen molar-refractivity contribution in [2.45, 2.75) is 18.9 Å². The third-order valence-corrected chi connectivity index (χ3v) is 2.75. The molecule has 2 rings (SSSR count). The molecule has 0 fully saturated rings. The molecule has 1 heterocycles. The minimum Gasteiger partial charge on any atom is -0.497 e. The van der Waals surface area contributed by atoms with Crippen LogP contribution in [0.1, 0.15) is 12.0 Å². The van der Waals surface area contributed by atoms with Crippen LogP contribution in [0.5, 0.6) is 5.75 Å². The number of fused-ring (bicyclic) bond motifs is 1. The first-order valence-corrected chi connectivity index (χ1v) is 5.26. The Hall–Kier alpha value is -2.20. The largest absolute Gasteiger partial charge is 0.497 e. The van der Waals surface area contributed by atoms with E-state index < -0.39 is 6.04 Å². The van der Waals surface area contributed by atoms with Gasteiger partial charge in [-0.15, -0.1) is 0 Å². The Morgan fingerprint density at radius 1 is 1.59 bits per heavy atom. The summed E-state index contributed by atoms with van der Waals surface area (Å²) in [6.07, 6.45) is 1.19. The molecule has 6 nitrogen and oxygen atoms in total. The van der Waals surface area contributed by atoms with Crippen LogP contribution in [0.4, 0.5) is 5.69 Å². The van der Waals surface area contributed by atoms with Crippen molar-refractivity contribution in [2.24, 2.45) is 5.11 Å². The van der Waals surface area contributed by atoms with E-state index in [4.69, 9.17) is 10.3 Å². The molecular formula is C11H12N4O2. The fourth-order valence-electron chi connectivity index (χ4n) is 1.84. The van der Waals surface area contributed by atoms with Crippen LogP contribution >= 0.6 is 0 Å². The van der Waals surface area contributed by atoms with Crippen molar-refractivity contribution in [3.8, 4) is 5.75 Å². The number of hydrogen-bond donors (Lipinski definition) is 1. The van der Waals surface area contributed by atoms with E-state index in [1.54, 1.807) is 19.2 Å². The van der Waals surface area contributed by atoms with E-state index >= 15 is 0 Å². The summed E-state index contributed by atoms with van der Waals surface area (Å²) >= 11 is 0. The van der Waals surface area contributed by atoms with Crippen LogP contribution in [0.2, 0.25) is 0 Å². The summed E-state index contributed by atoms with van der Waals surface area (Å²) in [5, 5.41) is 6.24. The van der Waals surface area contributed by atoms with Crippen LogP contribution in [0.25, 0.3) is 10.4 Å². The fraction of sp³-hybridized carbons (Fsp3) is 0.364. The predicted molar refractivity (Wildman–Crippen MR) is 62.9 cm³/mol. The molecule has 0 aromatic heterocycles. The van der Waals surface area contributed by atoms with Crippen LogP contribution in [-0.2, 0) is 11.2 Å². The first-order chi connectivity index (χ1) is 8.24. The molecule has 0 saturated carbocycles. The number of azide groups is 1. The van der Waals surface area contributed by atoms with Gasteiger partial charge in [-0.2, -0.15) is 0 Å². The Bertz CT molecular complexity index is 494. The lowest BCUT2D eigenvalue weighted by Gasteiger charge is -2.08. The van der Waals surface area contributed by atoms with Crippen LogP contribution in [0.15, 0.2) is 23.3 Å². The van der Waals surface area contributed by atoms with Crippen LogP contribution in [0, 0.1) is 0 Å². The van der Waals surface area contributed by atoms with Gasteiger partial charge in [0.1, 0.15) is 11.8 Å². The van der Waals surface area contributed by atoms with Crippen molar-refractivity contribution in [3.05, 3.63) is 34.2 Å². The number of methoxy groups -OCH3 is 1. The number of benzene rings is 1. The first kappa shape index (κ1) is 11.3. The Morgan fingerprint density at radius 2 is 2.41 bits per heavy atom. The average molecular weight is 232 g/mol. The second-order valence-corrected chi connectivity index (χ2v) is 3.77. The number of aryl methyl sites for hydroxylation is 1. The van der Waals surface area contributed by atoms with Gasteiger partial charge in [0.25, 0.3) is 0 Å². The van der Waals surface area contributed by atoms with E-state index in [2.05, 4.69) is 15.3 Å². The monoisotopic (exact) mass is 232 g/mol. The van der Waals surface area contributed by atoms with Gasteiger partial charge < -0.3 is 10.1 Å². The highest BCUT2D eigenvalue weighted by Crippen LogP contribution is 2.27. The topological polar surface area (TPSA) is 87.1 Å². The van der Waals surface area contributed by atoms with Crippen molar-refractivity contribution < 1.29 is 9.53 Å². The zero-order valence-electron chi connectivity index (χ0n) is 9.38. The molecule has 1 aromatic rings. The number of carbonyl (C=O) groups excluding carboxylic acids is 1. The SMILES string of the molecule is COc1ccc2c(c1)CCC(N=[N+]=[N-])C(=O)N2. The minimum absolute atomic E-state index is 0.258. The number of nitrogens with one attached hydrogen (secondary N) is 1. The van der Waals surface area contributed by atoms with Gasteiger partial charge in [-0.25, -0.2) is 0 Å². The maximum absolute atomic E-state index is 11.7. The van der Waals surface area contributed by atoms with Gasteiger partial charge in [-0.3, -0.25) is 4.79 Å². The lowest BCUT2D eigenvalue weighted by molar-refractivity contribution is -0.117. The van der Waals surface area contributed by atoms with E-state index in [9.17, 15) is 4.79 Å². The number of nitrogens with zero attached hydrogens (tertiary/aromatic N) is 3. The molecule has 0 spiro atoms. The first-order valence-electron chi connectivity index (χ1n) is 5.26. The third-order valence-electron chi connectivity index (χ3n) is 2.75. The third kappa shape index (κ3) is 2.32. The molecule has 17 heavy (non-hydrogen) atoms. The van der Waals surface area contributed by atoms with Crippen molar-refractivity contribution in [1.29, 1.82) is 0 Å². The number of hydrogen-bond acceptors (Lipinski definition) is 3. The number of rotatable bonds is 2. The highest BCUT2D eigenvalue weighted by molar-refractivity contribution is 5.96. The van der Waals surface area contributed by atoms with Gasteiger partial charge in [-0.05, 0) is 42.1 Å². The summed E-state index contributed by atoms with van der Waals surface area (Å²) in [7, 11) is 1.60. The highest BCUT2D eigenvalue weighted by Gasteiger charge is 2.22. The quantitative estimate of drug-likeness (QED) is 0.481. The Kier molecular flexibility index (Phi) is 3.16. The standard InChI is InChI=1S/C11H12N4O2/c1-17-8-3-5-9-7(6-8)2-4-10(14-15-12)11(16)13-9/h3,5-6,10H,2,4H2,1H3,(H,13,16). The van der Waals surface area contributed by atoms with Crippen LogP contribution in [0.3, 0.4) is 0 Å². The summed E-state index contributed by atoms with van der Waals surface area (Å²) in [5.74, 6) is 0.493. The average Bonchev–Trinajstić information content (AvgIpc) is 2.49. The highest BCUT2D eigenvalue weighted by atomic mass is 16.5. The second kappa shape index (κ2) is 4.76. The number of ether oxygens (including phenoxy) is 1. The van der Waals surface area contributed by atoms with Gasteiger partial charge in [0, 0.05) is 10.6 Å². The number of amides is 1. The second-order valence-electron chi connectivity index (χ2n) is 3.77. The molecule has 0 radical (unpaired) electrons. The fourth-order valence-corrected chi connectivity index (χ4v) is 1.84. The van der Waals surface area contributed by atoms with E-state index in [1.165, 1.54) is 0 Å². The van der Waals surface area contributed by atoms with Gasteiger partial charge in [0.2, 0.25) is 5.91 Å². The molecule has 1 N–H and O–H groups in total. The Labute approximate surface area is 98.2 Å². The Balaban J connectivity index is 2.30. The number of anilines is 1. The predicted octanol–water partition coefficient (Wildman–Crippen LogP) is 2.26. The molecule has 0 bridgehead atoms. The molecule has 1 aliphatic heterocycles. The molecule has 0 saturated heterocycles. The van der Waals surface area contributed by atoms with E-state index in [0.29, 0.717) is 12.8 Å². The maximum Gasteiger partial charge on any atom is 0.233 e. The summed E-state index contributed by atoms with van der Waals surface area (Å²) in [6.45, 7) is 0. The smallest absolute Gasteiger partial charge is 0.233 e. The summed E-state index contributed by atoms with van der Waals surface area (Å²) in [5.41, 5.74) is 10.1. The van der Waals surface area contributed by atoms with Gasteiger partial charge in [-0.1, -0.05) is 5.11 Å². The summed E-state index contributed by atoms with van der Waals surface area (Å²) in [4.78, 5) is 14.4. The van der Waals surface area contributed by atoms with Crippen molar-refractivity contribution in [1.82, 2.24) is 0 Å². The van der Waals surface area contributed by atoms with Gasteiger partial charge in [0.15, 0.2) is 0 Å². The molecule has 88 valence electrons. The molecular weight excluding hydrogens is 220 g/mol. The van der Waals surface area contributed by atoms with Gasteiger partial charge >= 0.3 is 0 Å². The van der Waals surface area contributed by atoms with Crippen molar-refractivity contribution >= 4 is 11.6 Å². The van der Waals surface area contributed by atoms with E-state index in [0.717, 1.165) is 17.0 Å². The molecule has 1 atom stereocenters. The van der Waals surface area contributed by atoms with Crippen LogP contribution in [-0.4, -0.2) is 19.1 Å². The van der Waals surface area contributed by atoms with E-state index in [1.807, 2.05) is 6.07 Å². The van der Waals surface area contributed by atoms with Crippen molar-refractivity contribution in [3.63, 3.8) is 0 Å². The lowest BCUT2D eigenvalue weighted by atomic mass is 10.1. The summed E-state index contributed by atoms with van der Waals surface area (Å²) < 4.78 is 5.13. The zero-order chi connectivity index (χ0) is 12.3. The lowest BCUT2D eigenvalue weighted by Crippen LogP contribution is -2.24. The normalized spacial score (nSPS) is 18.4. The van der Waals surface area contributed by atoms with Gasteiger partial charge in [0.05, 0.1) is 7.11 Å². The molecule has 0 aliphatic carbocycles. The molecule has 6 heteroatoms.